The van der Waals surface area contributed by atoms with Gasteiger partial charge >= 0.3 is 0 Å². The van der Waals surface area contributed by atoms with Crippen LogP contribution in [0, 0.1) is 18.3 Å². The zero-order valence-corrected chi connectivity index (χ0v) is 18.0. The van der Waals surface area contributed by atoms with Crippen molar-refractivity contribution in [2.24, 2.45) is 5.73 Å². The summed E-state index contributed by atoms with van der Waals surface area (Å²) in [6, 6.07) is 11.1. The summed E-state index contributed by atoms with van der Waals surface area (Å²) in [5.74, 6) is 2.40. The number of likely N-dealkylation sites (N-methyl/N-ethyl adjacent to an activating group) is 1. The van der Waals surface area contributed by atoms with Crippen molar-refractivity contribution in [3.05, 3.63) is 59.5 Å². The van der Waals surface area contributed by atoms with Gasteiger partial charge in [0.15, 0.2) is 5.82 Å². The number of nitriles is 1. The SMILES string of the molecule is COCCN(C)c1cc(Oc2cc(C#N)ccc2-c2ncc(CCN)cn2)cc(C)n1. The molecule has 2 heterocycles. The highest BCUT2D eigenvalue weighted by Gasteiger charge is 2.14. The largest absolute Gasteiger partial charge is 0.456 e. The number of rotatable bonds is 9. The maximum atomic E-state index is 9.35. The van der Waals surface area contributed by atoms with E-state index in [-0.39, 0.29) is 0 Å². The molecule has 3 rings (SSSR count). The van der Waals surface area contributed by atoms with Crippen LogP contribution in [-0.2, 0) is 11.2 Å². The van der Waals surface area contributed by atoms with Crippen LogP contribution in [0.1, 0.15) is 16.8 Å². The lowest BCUT2D eigenvalue weighted by Gasteiger charge is -2.19. The molecule has 0 aliphatic rings. The normalized spacial score (nSPS) is 10.5. The second-order valence-electron chi connectivity index (χ2n) is 7.10. The van der Waals surface area contributed by atoms with Crippen molar-refractivity contribution in [1.82, 2.24) is 15.0 Å². The van der Waals surface area contributed by atoms with Crippen molar-refractivity contribution in [2.45, 2.75) is 13.3 Å². The number of nitrogens with zero attached hydrogens (tertiary/aromatic N) is 5. The number of anilines is 1. The minimum atomic E-state index is 0.488. The Balaban J connectivity index is 1.95. The number of aromatic nitrogens is 3. The number of hydrogen-bond acceptors (Lipinski definition) is 8. The Bertz CT molecular complexity index is 1060. The summed E-state index contributed by atoms with van der Waals surface area (Å²) >= 11 is 0. The van der Waals surface area contributed by atoms with Gasteiger partial charge in [-0.3, -0.25) is 0 Å². The van der Waals surface area contributed by atoms with Gasteiger partial charge in [0.1, 0.15) is 17.3 Å². The van der Waals surface area contributed by atoms with Gasteiger partial charge in [0.2, 0.25) is 0 Å². The summed E-state index contributed by atoms with van der Waals surface area (Å²) in [5, 5.41) is 9.35. The predicted molar refractivity (Wildman–Crippen MR) is 119 cm³/mol. The number of nitrogens with two attached hydrogens (primary N) is 1. The molecule has 0 aliphatic heterocycles. The third-order valence-corrected chi connectivity index (χ3v) is 4.65. The fourth-order valence-electron chi connectivity index (χ4n) is 2.99. The molecule has 0 spiro atoms. The number of hydrogen-bond donors (Lipinski definition) is 1. The molecule has 0 radical (unpaired) electrons. The molecule has 0 saturated heterocycles. The molecule has 8 nitrogen and oxygen atoms in total. The number of methoxy groups -OCH3 is 1. The van der Waals surface area contributed by atoms with Gasteiger partial charge in [-0.25, -0.2) is 15.0 Å². The zero-order valence-electron chi connectivity index (χ0n) is 18.0. The van der Waals surface area contributed by atoms with E-state index in [0.29, 0.717) is 54.6 Å². The van der Waals surface area contributed by atoms with Crippen LogP contribution < -0.4 is 15.4 Å². The van der Waals surface area contributed by atoms with Crippen molar-refractivity contribution in [3.63, 3.8) is 0 Å². The van der Waals surface area contributed by atoms with Gasteiger partial charge in [-0.1, -0.05) is 0 Å². The van der Waals surface area contributed by atoms with Crippen LogP contribution in [0.25, 0.3) is 11.4 Å². The Morgan fingerprint density at radius 1 is 1.16 bits per heavy atom. The fourth-order valence-corrected chi connectivity index (χ4v) is 2.99. The van der Waals surface area contributed by atoms with Crippen LogP contribution in [0.2, 0.25) is 0 Å². The monoisotopic (exact) mass is 418 g/mol. The number of ether oxygens (including phenoxy) is 2. The first-order valence-electron chi connectivity index (χ1n) is 9.96. The van der Waals surface area contributed by atoms with Gasteiger partial charge in [0.25, 0.3) is 0 Å². The average molecular weight is 419 g/mol. The highest BCUT2D eigenvalue weighted by Crippen LogP contribution is 2.33. The van der Waals surface area contributed by atoms with Gasteiger partial charge < -0.3 is 20.1 Å². The number of benzene rings is 1. The molecule has 2 N–H and O–H groups in total. The Morgan fingerprint density at radius 2 is 1.94 bits per heavy atom. The first-order chi connectivity index (χ1) is 15.0. The van der Waals surface area contributed by atoms with Gasteiger partial charge in [-0.05, 0) is 43.7 Å². The molecule has 31 heavy (non-hydrogen) atoms. The number of aryl methyl sites for hydroxylation is 1. The van der Waals surface area contributed by atoms with Gasteiger partial charge in [-0.15, -0.1) is 0 Å². The van der Waals surface area contributed by atoms with E-state index < -0.39 is 0 Å². The van der Waals surface area contributed by atoms with Crippen LogP contribution in [0.3, 0.4) is 0 Å². The van der Waals surface area contributed by atoms with E-state index in [1.165, 1.54) is 0 Å². The quantitative estimate of drug-likeness (QED) is 0.564. The Morgan fingerprint density at radius 3 is 2.61 bits per heavy atom. The van der Waals surface area contributed by atoms with E-state index in [0.717, 1.165) is 17.1 Å². The Labute approximate surface area is 182 Å². The molecule has 1 aromatic carbocycles. The first-order valence-corrected chi connectivity index (χ1v) is 9.96. The molecule has 8 heteroatoms. The van der Waals surface area contributed by atoms with E-state index in [1.54, 1.807) is 37.7 Å². The summed E-state index contributed by atoms with van der Waals surface area (Å²) in [7, 11) is 3.61. The van der Waals surface area contributed by atoms with Crippen molar-refractivity contribution in [1.29, 1.82) is 5.26 Å². The summed E-state index contributed by atoms with van der Waals surface area (Å²) < 4.78 is 11.4. The zero-order chi connectivity index (χ0) is 22.2. The second kappa shape index (κ2) is 10.5. The maximum Gasteiger partial charge on any atom is 0.162 e. The molecule has 3 aromatic rings. The van der Waals surface area contributed by atoms with Crippen molar-refractivity contribution in [2.75, 3.05) is 38.8 Å². The summed E-state index contributed by atoms with van der Waals surface area (Å²) in [5.41, 5.74) is 8.57. The van der Waals surface area contributed by atoms with Crippen molar-refractivity contribution < 1.29 is 9.47 Å². The highest BCUT2D eigenvalue weighted by atomic mass is 16.5. The molecule has 2 aromatic heterocycles. The molecular formula is C23H26N6O2. The smallest absolute Gasteiger partial charge is 0.162 e. The molecule has 0 saturated carbocycles. The maximum absolute atomic E-state index is 9.35. The third-order valence-electron chi connectivity index (χ3n) is 4.65. The van der Waals surface area contributed by atoms with E-state index in [4.69, 9.17) is 15.2 Å². The number of pyridine rings is 1. The molecule has 0 atom stereocenters. The van der Waals surface area contributed by atoms with Crippen LogP contribution in [0.4, 0.5) is 5.82 Å². The van der Waals surface area contributed by atoms with E-state index in [9.17, 15) is 5.26 Å². The van der Waals surface area contributed by atoms with Gasteiger partial charge in [-0.2, -0.15) is 5.26 Å². The Kier molecular flexibility index (Phi) is 7.49. The molecule has 160 valence electrons. The molecule has 0 bridgehead atoms. The molecule has 0 amide bonds. The van der Waals surface area contributed by atoms with Gasteiger partial charge in [0, 0.05) is 50.9 Å². The van der Waals surface area contributed by atoms with Crippen molar-refractivity contribution in [3.8, 4) is 29.0 Å². The molecular weight excluding hydrogens is 392 g/mol. The van der Waals surface area contributed by atoms with E-state index >= 15 is 0 Å². The lowest BCUT2D eigenvalue weighted by Crippen LogP contribution is -2.23. The highest BCUT2D eigenvalue weighted by molar-refractivity contribution is 5.66. The van der Waals surface area contributed by atoms with Crippen LogP contribution in [0.15, 0.2) is 42.7 Å². The van der Waals surface area contributed by atoms with Crippen LogP contribution >= 0.6 is 0 Å². The topological polar surface area (TPSA) is 110 Å². The van der Waals surface area contributed by atoms with Crippen molar-refractivity contribution >= 4 is 5.82 Å². The first kappa shape index (κ1) is 22.2. The molecule has 0 fully saturated rings. The standard InChI is InChI=1S/C23H26N6O2/c1-16-10-19(12-22(28-16)29(2)8-9-30-3)31-21-11-17(13-25)4-5-20(21)23-26-14-18(6-7-24)15-27-23/h4-5,10-12,14-15H,6-9,24H2,1-3H3. The Hall–Kier alpha value is -3.54. The molecule has 0 aliphatic carbocycles. The lowest BCUT2D eigenvalue weighted by molar-refractivity contribution is 0.206. The summed E-state index contributed by atoms with van der Waals surface area (Å²) in [6.07, 6.45) is 4.24. The third kappa shape index (κ3) is 5.75. The van der Waals surface area contributed by atoms with Crippen LogP contribution in [0.5, 0.6) is 11.5 Å². The fraction of sp³-hybridized carbons (Fsp3) is 0.304. The second-order valence-corrected chi connectivity index (χ2v) is 7.10. The van der Waals surface area contributed by atoms with E-state index in [1.807, 2.05) is 31.0 Å². The van der Waals surface area contributed by atoms with Gasteiger partial charge in [0.05, 0.1) is 23.8 Å². The average Bonchev–Trinajstić information content (AvgIpc) is 2.78. The van der Waals surface area contributed by atoms with E-state index in [2.05, 4.69) is 21.0 Å². The minimum absolute atomic E-state index is 0.488. The van der Waals surface area contributed by atoms with Crippen LogP contribution in [-0.4, -0.2) is 48.8 Å². The predicted octanol–water partition coefficient (Wildman–Crippen LogP) is 3.09. The summed E-state index contributed by atoms with van der Waals surface area (Å²) in [6.45, 7) is 3.74. The lowest BCUT2D eigenvalue weighted by atomic mass is 10.1. The minimum Gasteiger partial charge on any atom is -0.456 e. The summed E-state index contributed by atoms with van der Waals surface area (Å²) in [4.78, 5) is 15.5. The molecule has 0 unspecified atom stereocenters.